The number of carbonyl (C=O) groups excluding carboxylic acids is 1. The molecule has 2 atom stereocenters. The number of methoxy groups -OCH3 is 2. The third kappa shape index (κ3) is 5.37. The van der Waals surface area contributed by atoms with Crippen molar-refractivity contribution in [2.45, 2.75) is 46.2 Å². The zero-order chi connectivity index (χ0) is 30.0. The molecular weight excluding hydrogens is 546 g/mol. The van der Waals surface area contributed by atoms with Gasteiger partial charge in [0.05, 0.1) is 36.3 Å². The van der Waals surface area contributed by atoms with Crippen LogP contribution in [0.5, 0.6) is 5.75 Å². The highest BCUT2D eigenvalue weighted by Gasteiger charge is 2.42. The van der Waals surface area contributed by atoms with Crippen molar-refractivity contribution in [1.29, 1.82) is 0 Å². The number of pyridine rings is 1. The lowest BCUT2D eigenvalue weighted by Crippen LogP contribution is -2.29. The van der Waals surface area contributed by atoms with E-state index in [0.29, 0.717) is 16.5 Å². The van der Waals surface area contributed by atoms with Crippen LogP contribution in [0.3, 0.4) is 0 Å². The number of nitrogens with zero attached hydrogens (tertiary/aromatic N) is 3. The second-order valence-corrected chi connectivity index (χ2v) is 10.8. The molecule has 0 saturated carbocycles. The summed E-state index contributed by atoms with van der Waals surface area (Å²) >= 11 is 5.99. The Balaban J connectivity index is 1.68. The average Bonchev–Trinajstić information content (AvgIpc) is 3.48. The first-order valence-corrected chi connectivity index (χ1v) is 14.4. The number of hydrogen-bond acceptors (Lipinski definition) is 5. The van der Waals surface area contributed by atoms with Crippen molar-refractivity contribution in [3.05, 3.63) is 101 Å². The van der Waals surface area contributed by atoms with Crippen LogP contribution >= 0.6 is 12.2 Å². The van der Waals surface area contributed by atoms with E-state index >= 15 is 0 Å². The van der Waals surface area contributed by atoms with Crippen molar-refractivity contribution in [1.82, 2.24) is 14.9 Å². The Kier molecular flexibility index (Phi) is 8.61. The van der Waals surface area contributed by atoms with E-state index in [4.69, 9.17) is 26.7 Å². The number of aryl methyl sites for hydroxylation is 3. The second-order valence-electron chi connectivity index (χ2n) is 10.5. The molecule has 218 valence electrons. The average molecular weight is 584 g/mol. The van der Waals surface area contributed by atoms with Crippen LogP contribution in [0.25, 0.3) is 5.69 Å². The molecule has 42 heavy (non-hydrogen) atoms. The summed E-state index contributed by atoms with van der Waals surface area (Å²) in [6.45, 7) is 8.62. The highest BCUT2D eigenvalue weighted by Crippen LogP contribution is 2.45. The molecule has 3 heterocycles. The van der Waals surface area contributed by atoms with Crippen LogP contribution in [0.15, 0.2) is 66.9 Å². The topological polar surface area (TPSA) is 80.7 Å². The SMILES string of the molecule is CCc1cccc(C)c1-n1c(C)cc([C@H]2[C@@H](c3ccccn3)NC(=S)N2c2ccc(OC)c(NC(=O)COC)c2)c1C. The Morgan fingerprint density at radius 3 is 2.57 bits per heavy atom. The van der Waals surface area contributed by atoms with E-state index in [0.717, 1.165) is 34.8 Å². The normalized spacial score (nSPS) is 16.4. The molecule has 0 aliphatic carbocycles. The van der Waals surface area contributed by atoms with Gasteiger partial charge < -0.3 is 29.6 Å². The van der Waals surface area contributed by atoms with Crippen LogP contribution in [-0.4, -0.2) is 41.4 Å². The number of benzene rings is 2. The van der Waals surface area contributed by atoms with Gasteiger partial charge in [0, 0.05) is 30.4 Å². The number of carbonyl (C=O) groups is 1. The maximum atomic E-state index is 12.4. The molecule has 2 aromatic carbocycles. The van der Waals surface area contributed by atoms with Crippen molar-refractivity contribution < 1.29 is 14.3 Å². The molecule has 1 fully saturated rings. The Morgan fingerprint density at radius 1 is 1.07 bits per heavy atom. The molecule has 8 nitrogen and oxygen atoms in total. The molecule has 0 radical (unpaired) electrons. The summed E-state index contributed by atoms with van der Waals surface area (Å²) in [5.74, 6) is 0.274. The molecular formula is C33H37N5O3S. The zero-order valence-corrected chi connectivity index (χ0v) is 25.7. The van der Waals surface area contributed by atoms with E-state index in [9.17, 15) is 4.79 Å². The minimum atomic E-state index is -0.272. The number of anilines is 2. The number of rotatable bonds is 9. The van der Waals surface area contributed by atoms with Crippen LogP contribution in [0.2, 0.25) is 0 Å². The number of amides is 1. The fraction of sp³-hybridized carbons (Fsp3) is 0.303. The molecule has 0 bridgehead atoms. The largest absolute Gasteiger partial charge is 0.495 e. The number of ether oxygens (including phenoxy) is 2. The maximum absolute atomic E-state index is 12.4. The van der Waals surface area contributed by atoms with Gasteiger partial charge >= 0.3 is 0 Å². The standard InChI is InChI=1S/C33H37N5O3S/c1-7-23-12-10-11-20(2)31(23)37-21(3)17-25(22(37)4)32-30(26-13-8-9-16-34-26)36-33(42)38(32)24-14-15-28(41-6)27(18-24)35-29(39)19-40-5/h8-18,30,32H,7,19H2,1-6H3,(H,35,39)(H,36,42)/t30-,32+/m1/s1. The summed E-state index contributed by atoms with van der Waals surface area (Å²) in [4.78, 5) is 19.3. The van der Waals surface area contributed by atoms with Gasteiger partial charge in [-0.1, -0.05) is 31.2 Å². The molecule has 0 unspecified atom stereocenters. The first-order chi connectivity index (χ1) is 20.3. The van der Waals surface area contributed by atoms with Gasteiger partial charge in [-0.15, -0.1) is 0 Å². The summed E-state index contributed by atoms with van der Waals surface area (Å²) in [6.07, 6.45) is 2.74. The van der Waals surface area contributed by atoms with Gasteiger partial charge in [0.15, 0.2) is 5.11 Å². The zero-order valence-electron chi connectivity index (χ0n) is 24.9. The minimum absolute atomic E-state index is 0.0634. The summed E-state index contributed by atoms with van der Waals surface area (Å²) < 4.78 is 12.9. The Hall–Kier alpha value is -4.21. The Morgan fingerprint density at radius 2 is 1.88 bits per heavy atom. The van der Waals surface area contributed by atoms with Crippen LogP contribution in [0.1, 0.15) is 52.8 Å². The highest BCUT2D eigenvalue weighted by molar-refractivity contribution is 7.80. The molecule has 1 amide bonds. The quantitative estimate of drug-likeness (QED) is 0.230. The fourth-order valence-corrected chi connectivity index (χ4v) is 6.31. The molecule has 2 N–H and O–H groups in total. The Labute approximate surface area is 252 Å². The highest BCUT2D eigenvalue weighted by atomic mass is 32.1. The van der Waals surface area contributed by atoms with Crippen molar-refractivity contribution in [2.75, 3.05) is 31.0 Å². The number of thiocarbonyl (C=S) groups is 1. The predicted octanol–water partition coefficient (Wildman–Crippen LogP) is 6.13. The number of nitrogens with one attached hydrogen (secondary N) is 2. The van der Waals surface area contributed by atoms with Gasteiger partial charge in [-0.25, -0.2) is 0 Å². The van der Waals surface area contributed by atoms with Crippen LogP contribution in [0, 0.1) is 20.8 Å². The van der Waals surface area contributed by atoms with E-state index in [2.05, 4.69) is 72.1 Å². The molecule has 1 aliphatic heterocycles. The van der Waals surface area contributed by atoms with E-state index in [-0.39, 0.29) is 24.6 Å². The Bertz CT molecular complexity index is 1620. The third-order valence-corrected chi connectivity index (χ3v) is 8.14. The first kappa shape index (κ1) is 29.3. The lowest BCUT2D eigenvalue weighted by molar-refractivity contribution is -0.119. The molecule has 2 aromatic heterocycles. The van der Waals surface area contributed by atoms with Gasteiger partial charge in [-0.2, -0.15) is 0 Å². The molecule has 4 aromatic rings. The van der Waals surface area contributed by atoms with Gasteiger partial charge in [-0.05, 0) is 92.5 Å². The molecule has 1 saturated heterocycles. The molecule has 0 spiro atoms. The third-order valence-electron chi connectivity index (χ3n) is 7.82. The van der Waals surface area contributed by atoms with Crippen molar-refractivity contribution in [3.63, 3.8) is 0 Å². The van der Waals surface area contributed by atoms with Crippen molar-refractivity contribution in [2.24, 2.45) is 0 Å². The number of para-hydroxylation sites is 1. The predicted molar refractivity (Wildman–Crippen MR) is 171 cm³/mol. The smallest absolute Gasteiger partial charge is 0.250 e. The second kappa shape index (κ2) is 12.3. The van der Waals surface area contributed by atoms with Crippen LogP contribution in [0.4, 0.5) is 11.4 Å². The van der Waals surface area contributed by atoms with E-state index in [1.165, 1.54) is 23.9 Å². The lowest BCUT2D eigenvalue weighted by Gasteiger charge is -2.29. The van der Waals surface area contributed by atoms with Crippen LogP contribution < -0.4 is 20.3 Å². The number of aromatic nitrogens is 2. The van der Waals surface area contributed by atoms with Crippen molar-refractivity contribution >= 4 is 34.6 Å². The summed E-state index contributed by atoms with van der Waals surface area (Å²) in [5.41, 5.74) is 9.43. The minimum Gasteiger partial charge on any atom is -0.495 e. The first-order valence-electron chi connectivity index (χ1n) is 14.0. The number of hydrogen-bond donors (Lipinski definition) is 2. The lowest BCUT2D eigenvalue weighted by atomic mass is 9.96. The summed E-state index contributed by atoms with van der Waals surface area (Å²) in [7, 11) is 3.06. The van der Waals surface area contributed by atoms with E-state index in [1.54, 1.807) is 13.3 Å². The molecule has 5 rings (SSSR count). The molecule has 9 heteroatoms. The van der Waals surface area contributed by atoms with Gasteiger partial charge in [-0.3, -0.25) is 9.78 Å². The van der Waals surface area contributed by atoms with E-state index < -0.39 is 0 Å². The summed E-state index contributed by atoms with van der Waals surface area (Å²) in [5, 5.41) is 7.03. The van der Waals surface area contributed by atoms with Gasteiger partial charge in [0.1, 0.15) is 12.4 Å². The van der Waals surface area contributed by atoms with Gasteiger partial charge in [0.25, 0.3) is 0 Å². The fourth-order valence-electron chi connectivity index (χ4n) is 5.97. The maximum Gasteiger partial charge on any atom is 0.250 e. The van der Waals surface area contributed by atoms with Gasteiger partial charge in [0.2, 0.25) is 5.91 Å². The molecule has 1 aliphatic rings. The van der Waals surface area contributed by atoms with Crippen LogP contribution in [-0.2, 0) is 16.0 Å². The van der Waals surface area contributed by atoms with E-state index in [1.807, 2.05) is 36.4 Å². The summed E-state index contributed by atoms with van der Waals surface area (Å²) in [6, 6.07) is 20.0. The monoisotopic (exact) mass is 583 g/mol. The van der Waals surface area contributed by atoms with Crippen molar-refractivity contribution in [3.8, 4) is 11.4 Å².